The van der Waals surface area contributed by atoms with Crippen LogP contribution in [0.2, 0.25) is 0 Å². The monoisotopic (exact) mass is 438 g/mol. The predicted octanol–water partition coefficient (Wildman–Crippen LogP) is 2.88. The third-order valence-electron chi connectivity index (χ3n) is 6.14. The first-order chi connectivity index (χ1) is 16.2. The number of nitrogens with zero attached hydrogens (tertiary/aromatic N) is 7. The van der Waals surface area contributed by atoms with E-state index in [0.717, 1.165) is 30.5 Å². The standard InChI is InChI=1S/C24H22N8O/c1-33-20-7-3-6-18-22(20)29-24(25)32-23(18)28-21(30-32)13-31-9-8-15-4-2-5-17(19(15)12-31)16-10-26-14-27-11-16/h2-7,10-11,14H,8-9,12-13H2,1H3,(H2,25,29). The van der Waals surface area contributed by atoms with Crippen LogP contribution in [0.3, 0.4) is 0 Å². The molecule has 0 bridgehead atoms. The van der Waals surface area contributed by atoms with Crippen molar-refractivity contribution in [2.45, 2.75) is 19.5 Å². The molecule has 164 valence electrons. The molecule has 0 saturated carbocycles. The predicted molar refractivity (Wildman–Crippen MR) is 125 cm³/mol. The lowest BCUT2D eigenvalue weighted by Gasteiger charge is -2.29. The van der Waals surface area contributed by atoms with Crippen LogP contribution in [0.5, 0.6) is 5.75 Å². The number of hydrogen-bond acceptors (Lipinski definition) is 8. The van der Waals surface area contributed by atoms with Gasteiger partial charge in [0.05, 0.1) is 13.7 Å². The molecule has 3 aromatic heterocycles. The second kappa shape index (κ2) is 7.79. The van der Waals surface area contributed by atoms with Crippen LogP contribution in [0.1, 0.15) is 17.0 Å². The number of methoxy groups -OCH3 is 1. The lowest BCUT2D eigenvalue weighted by molar-refractivity contribution is 0.240. The molecule has 0 aliphatic carbocycles. The Labute approximate surface area is 189 Å². The molecule has 0 amide bonds. The van der Waals surface area contributed by atoms with Crippen molar-refractivity contribution in [3.63, 3.8) is 0 Å². The number of hydrogen-bond donors (Lipinski definition) is 1. The van der Waals surface area contributed by atoms with Crippen molar-refractivity contribution in [1.29, 1.82) is 0 Å². The zero-order valence-corrected chi connectivity index (χ0v) is 18.1. The van der Waals surface area contributed by atoms with Gasteiger partial charge >= 0.3 is 0 Å². The van der Waals surface area contributed by atoms with Crippen LogP contribution in [-0.4, -0.2) is 48.1 Å². The maximum Gasteiger partial charge on any atom is 0.223 e. The summed E-state index contributed by atoms with van der Waals surface area (Å²) in [6.07, 6.45) is 6.24. The van der Waals surface area contributed by atoms with E-state index in [9.17, 15) is 0 Å². The molecule has 4 heterocycles. The van der Waals surface area contributed by atoms with Gasteiger partial charge in [-0.1, -0.05) is 24.3 Å². The Hall–Kier alpha value is -4.11. The highest BCUT2D eigenvalue weighted by atomic mass is 16.5. The van der Waals surface area contributed by atoms with Crippen molar-refractivity contribution in [2.24, 2.45) is 0 Å². The number of fused-ring (bicyclic) bond motifs is 4. The summed E-state index contributed by atoms with van der Waals surface area (Å²) < 4.78 is 7.06. The van der Waals surface area contributed by atoms with E-state index >= 15 is 0 Å². The zero-order valence-electron chi connectivity index (χ0n) is 18.1. The molecular weight excluding hydrogens is 416 g/mol. The Morgan fingerprint density at radius 3 is 2.76 bits per heavy atom. The Balaban J connectivity index is 1.35. The molecule has 33 heavy (non-hydrogen) atoms. The SMILES string of the molecule is COc1cccc2c1nc(N)n1nc(CN3CCc4cccc(-c5cncnc5)c4C3)nc21. The fourth-order valence-corrected chi connectivity index (χ4v) is 4.58. The normalized spacial score (nSPS) is 14.0. The van der Waals surface area contributed by atoms with E-state index in [0.29, 0.717) is 29.3 Å². The smallest absolute Gasteiger partial charge is 0.223 e. The van der Waals surface area contributed by atoms with Gasteiger partial charge in [0.15, 0.2) is 11.5 Å². The molecule has 2 aromatic carbocycles. The van der Waals surface area contributed by atoms with E-state index in [1.54, 1.807) is 18.0 Å². The minimum Gasteiger partial charge on any atom is -0.494 e. The van der Waals surface area contributed by atoms with Crippen molar-refractivity contribution in [3.05, 3.63) is 72.1 Å². The summed E-state index contributed by atoms with van der Waals surface area (Å²) in [7, 11) is 1.62. The maximum absolute atomic E-state index is 6.21. The molecule has 5 aromatic rings. The molecule has 0 fully saturated rings. The highest BCUT2D eigenvalue weighted by molar-refractivity contribution is 5.95. The summed E-state index contributed by atoms with van der Waals surface area (Å²) in [4.78, 5) is 20.1. The van der Waals surface area contributed by atoms with Crippen LogP contribution in [0.4, 0.5) is 5.95 Å². The average Bonchev–Trinajstić information content (AvgIpc) is 3.28. The Morgan fingerprint density at radius 1 is 1.06 bits per heavy atom. The van der Waals surface area contributed by atoms with Gasteiger partial charge in [0.25, 0.3) is 0 Å². The first-order valence-corrected chi connectivity index (χ1v) is 10.8. The summed E-state index contributed by atoms with van der Waals surface area (Å²) in [6.45, 7) is 2.35. The van der Waals surface area contributed by atoms with E-state index in [2.05, 4.69) is 43.1 Å². The van der Waals surface area contributed by atoms with Gasteiger partial charge in [-0.25, -0.2) is 19.9 Å². The number of benzene rings is 2. The minimum atomic E-state index is 0.288. The summed E-state index contributed by atoms with van der Waals surface area (Å²) >= 11 is 0. The van der Waals surface area contributed by atoms with Gasteiger partial charge in [0.1, 0.15) is 17.6 Å². The summed E-state index contributed by atoms with van der Waals surface area (Å²) in [6, 6.07) is 12.2. The maximum atomic E-state index is 6.21. The number of ether oxygens (including phenoxy) is 1. The number of nitrogens with two attached hydrogens (primary N) is 1. The quantitative estimate of drug-likeness (QED) is 0.456. The number of rotatable bonds is 4. The molecular formula is C24H22N8O. The Kier molecular flexibility index (Phi) is 4.62. The fourth-order valence-electron chi connectivity index (χ4n) is 4.58. The van der Waals surface area contributed by atoms with Gasteiger partial charge in [-0.05, 0) is 35.2 Å². The fraction of sp³-hybridized carbons (Fsp3) is 0.208. The highest BCUT2D eigenvalue weighted by Crippen LogP contribution is 2.31. The van der Waals surface area contributed by atoms with E-state index < -0.39 is 0 Å². The molecule has 1 aliphatic rings. The molecule has 0 unspecified atom stereocenters. The van der Waals surface area contributed by atoms with Crippen molar-refractivity contribution >= 4 is 22.5 Å². The van der Waals surface area contributed by atoms with Gasteiger partial charge < -0.3 is 10.5 Å². The topological polar surface area (TPSA) is 107 Å². The summed E-state index contributed by atoms with van der Waals surface area (Å²) in [5.74, 6) is 1.66. The van der Waals surface area contributed by atoms with Crippen molar-refractivity contribution in [3.8, 4) is 16.9 Å². The minimum absolute atomic E-state index is 0.288. The van der Waals surface area contributed by atoms with Crippen LogP contribution in [0.15, 0.2) is 55.1 Å². The Morgan fingerprint density at radius 2 is 1.91 bits per heavy atom. The van der Waals surface area contributed by atoms with Gasteiger partial charge in [-0.2, -0.15) is 4.52 Å². The zero-order chi connectivity index (χ0) is 22.4. The number of anilines is 1. The average molecular weight is 438 g/mol. The largest absolute Gasteiger partial charge is 0.494 e. The summed E-state index contributed by atoms with van der Waals surface area (Å²) in [5.41, 5.74) is 12.4. The van der Waals surface area contributed by atoms with Crippen LogP contribution in [-0.2, 0) is 19.5 Å². The lowest BCUT2D eigenvalue weighted by atomic mass is 9.92. The Bertz CT molecular complexity index is 1480. The van der Waals surface area contributed by atoms with Crippen LogP contribution >= 0.6 is 0 Å². The van der Waals surface area contributed by atoms with Gasteiger partial charge in [-0.3, -0.25) is 4.90 Å². The molecule has 2 N–H and O–H groups in total. The third kappa shape index (κ3) is 3.33. The molecule has 6 rings (SSSR count). The van der Waals surface area contributed by atoms with E-state index in [4.69, 9.17) is 15.5 Å². The molecule has 9 heteroatoms. The van der Waals surface area contributed by atoms with E-state index in [-0.39, 0.29) is 5.95 Å². The third-order valence-corrected chi connectivity index (χ3v) is 6.14. The number of nitrogen functional groups attached to an aromatic ring is 1. The van der Waals surface area contributed by atoms with Crippen molar-refractivity contribution < 1.29 is 4.74 Å². The molecule has 1 aliphatic heterocycles. The van der Waals surface area contributed by atoms with Crippen molar-refractivity contribution in [2.75, 3.05) is 19.4 Å². The van der Waals surface area contributed by atoms with Gasteiger partial charge in [0, 0.05) is 36.4 Å². The van der Waals surface area contributed by atoms with Crippen LogP contribution < -0.4 is 10.5 Å². The lowest BCUT2D eigenvalue weighted by Crippen LogP contribution is -2.31. The molecule has 0 radical (unpaired) electrons. The molecule has 0 spiro atoms. The molecule has 0 atom stereocenters. The van der Waals surface area contributed by atoms with E-state index in [1.807, 2.05) is 30.6 Å². The van der Waals surface area contributed by atoms with Crippen molar-refractivity contribution in [1.82, 2.24) is 34.4 Å². The second-order valence-corrected chi connectivity index (χ2v) is 8.12. The number of para-hydroxylation sites is 1. The van der Waals surface area contributed by atoms with Crippen LogP contribution in [0.25, 0.3) is 27.7 Å². The van der Waals surface area contributed by atoms with Crippen LogP contribution in [0, 0.1) is 0 Å². The molecule has 9 nitrogen and oxygen atoms in total. The first kappa shape index (κ1) is 19.6. The van der Waals surface area contributed by atoms with Gasteiger partial charge in [-0.15, -0.1) is 5.10 Å². The number of aromatic nitrogens is 6. The van der Waals surface area contributed by atoms with E-state index in [1.165, 1.54) is 16.7 Å². The second-order valence-electron chi connectivity index (χ2n) is 8.12. The first-order valence-electron chi connectivity index (χ1n) is 10.8. The molecule has 0 saturated heterocycles. The van der Waals surface area contributed by atoms with Gasteiger partial charge in [0.2, 0.25) is 5.95 Å². The summed E-state index contributed by atoms with van der Waals surface area (Å²) in [5, 5.41) is 5.52. The highest BCUT2D eigenvalue weighted by Gasteiger charge is 2.22.